The topological polar surface area (TPSA) is 55.0 Å². The van der Waals surface area contributed by atoms with E-state index >= 15 is 0 Å². The average Bonchev–Trinajstić information content (AvgIpc) is 3.22. The fraction of sp³-hybridized carbons (Fsp3) is 0.333. The first kappa shape index (κ1) is 16.8. The number of halogens is 1. The molecule has 1 aromatic carbocycles. The number of methoxy groups -OCH3 is 1. The largest absolute Gasteiger partial charge is 0.465 e. The number of benzene rings is 1. The molecule has 5 nitrogen and oxygen atoms in total. The highest BCUT2D eigenvalue weighted by Gasteiger charge is 2.19. The van der Waals surface area contributed by atoms with Crippen molar-refractivity contribution in [3.05, 3.63) is 45.6 Å². The zero-order chi connectivity index (χ0) is 17.1. The summed E-state index contributed by atoms with van der Waals surface area (Å²) in [6.45, 7) is 3.98. The van der Waals surface area contributed by atoms with E-state index in [0.29, 0.717) is 17.0 Å². The van der Waals surface area contributed by atoms with E-state index in [1.807, 2.05) is 19.1 Å². The molecule has 0 amide bonds. The minimum atomic E-state index is -0.372. The summed E-state index contributed by atoms with van der Waals surface area (Å²) in [6.07, 6.45) is 4.06. The van der Waals surface area contributed by atoms with Crippen LogP contribution in [0, 0.1) is 6.92 Å². The van der Waals surface area contributed by atoms with Crippen molar-refractivity contribution in [2.24, 2.45) is 4.99 Å². The number of nitrogens with zero attached hydrogens (tertiary/aromatic N) is 2. The predicted molar refractivity (Wildman–Crippen MR) is 97.6 cm³/mol. The van der Waals surface area contributed by atoms with Crippen molar-refractivity contribution in [1.82, 2.24) is 0 Å². The first-order chi connectivity index (χ1) is 11.6. The quantitative estimate of drug-likeness (QED) is 0.569. The molecule has 1 saturated heterocycles. The van der Waals surface area contributed by atoms with E-state index in [9.17, 15) is 4.79 Å². The standard InChI is InChI=1S/C18H19BrN2O3/c1-12-5-6-13(18(22)23-2)9-16(12)20-11-14-10-15(19)17(24-14)21-7-3-4-8-21/h5-6,9-11H,3-4,7-8H2,1-2H3. The van der Waals surface area contributed by atoms with Crippen LogP contribution in [0.25, 0.3) is 0 Å². The second-order valence-corrected chi connectivity index (χ2v) is 6.60. The molecule has 3 rings (SSSR count). The third kappa shape index (κ3) is 3.53. The zero-order valence-corrected chi connectivity index (χ0v) is 15.3. The van der Waals surface area contributed by atoms with Crippen molar-refractivity contribution in [3.8, 4) is 0 Å². The van der Waals surface area contributed by atoms with E-state index in [2.05, 4.69) is 25.8 Å². The van der Waals surface area contributed by atoms with Crippen molar-refractivity contribution in [2.45, 2.75) is 19.8 Å². The zero-order valence-electron chi connectivity index (χ0n) is 13.7. The Morgan fingerprint density at radius 3 is 2.79 bits per heavy atom. The van der Waals surface area contributed by atoms with Gasteiger partial charge in [-0.15, -0.1) is 0 Å². The summed E-state index contributed by atoms with van der Waals surface area (Å²) in [7, 11) is 1.37. The van der Waals surface area contributed by atoms with Crippen molar-refractivity contribution in [2.75, 3.05) is 25.1 Å². The average molecular weight is 391 g/mol. The Bertz CT molecular complexity index is 777. The lowest BCUT2D eigenvalue weighted by molar-refractivity contribution is 0.0601. The molecule has 1 aromatic heterocycles. The molecule has 1 aliphatic rings. The Labute approximate surface area is 149 Å². The van der Waals surface area contributed by atoms with Crippen LogP contribution in [0.3, 0.4) is 0 Å². The first-order valence-corrected chi connectivity index (χ1v) is 8.65. The van der Waals surface area contributed by atoms with Crippen LogP contribution in [0.15, 0.2) is 38.1 Å². The third-order valence-corrected chi connectivity index (χ3v) is 4.61. The number of carbonyl (C=O) groups excluding carboxylic acids is 1. The number of furan rings is 1. The molecule has 0 atom stereocenters. The maximum Gasteiger partial charge on any atom is 0.337 e. The normalized spacial score (nSPS) is 14.5. The summed E-state index contributed by atoms with van der Waals surface area (Å²) in [5.74, 6) is 1.16. The maximum atomic E-state index is 11.6. The Kier molecular flexibility index (Phi) is 5.04. The molecule has 24 heavy (non-hydrogen) atoms. The second-order valence-electron chi connectivity index (χ2n) is 5.75. The number of hydrogen-bond donors (Lipinski definition) is 0. The minimum Gasteiger partial charge on any atom is -0.465 e. The van der Waals surface area contributed by atoms with Crippen LogP contribution in [0.4, 0.5) is 11.6 Å². The number of anilines is 1. The van der Waals surface area contributed by atoms with Gasteiger partial charge in [0.15, 0.2) is 0 Å². The van der Waals surface area contributed by atoms with Crippen LogP contribution in [0.2, 0.25) is 0 Å². The van der Waals surface area contributed by atoms with Crippen LogP contribution in [0.1, 0.15) is 34.5 Å². The number of aliphatic imine (C=N–C) groups is 1. The van der Waals surface area contributed by atoms with E-state index in [1.165, 1.54) is 20.0 Å². The van der Waals surface area contributed by atoms with Crippen molar-refractivity contribution in [3.63, 3.8) is 0 Å². The summed E-state index contributed by atoms with van der Waals surface area (Å²) < 4.78 is 11.6. The lowest BCUT2D eigenvalue weighted by Crippen LogP contribution is -2.17. The number of aryl methyl sites for hydroxylation is 1. The van der Waals surface area contributed by atoms with Gasteiger partial charge in [-0.1, -0.05) is 6.07 Å². The number of ether oxygens (including phenoxy) is 1. The Morgan fingerprint density at radius 1 is 1.33 bits per heavy atom. The van der Waals surface area contributed by atoms with Gasteiger partial charge in [0, 0.05) is 19.2 Å². The highest BCUT2D eigenvalue weighted by molar-refractivity contribution is 9.10. The molecule has 0 aliphatic carbocycles. The van der Waals surface area contributed by atoms with E-state index in [4.69, 9.17) is 9.15 Å². The molecule has 0 N–H and O–H groups in total. The first-order valence-electron chi connectivity index (χ1n) is 7.86. The van der Waals surface area contributed by atoms with Gasteiger partial charge < -0.3 is 14.1 Å². The highest BCUT2D eigenvalue weighted by Crippen LogP contribution is 2.32. The maximum absolute atomic E-state index is 11.6. The Hall–Kier alpha value is -2.08. The lowest BCUT2D eigenvalue weighted by Gasteiger charge is -2.13. The minimum absolute atomic E-state index is 0.372. The summed E-state index contributed by atoms with van der Waals surface area (Å²) in [5.41, 5.74) is 2.17. The molecular formula is C18H19BrN2O3. The monoisotopic (exact) mass is 390 g/mol. The van der Waals surface area contributed by atoms with E-state index in [-0.39, 0.29) is 5.97 Å². The molecule has 0 bridgehead atoms. The fourth-order valence-corrected chi connectivity index (χ4v) is 3.26. The molecule has 1 fully saturated rings. The molecular weight excluding hydrogens is 372 g/mol. The Balaban J connectivity index is 1.83. The molecule has 0 unspecified atom stereocenters. The van der Waals surface area contributed by atoms with Gasteiger partial charge in [-0.2, -0.15) is 0 Å². The number of rotatable bonds is 4. The van der Waals surface area contributed by atoms with E-state index in [0.717, 1.165) is 29.0 Å². The van der Waals surface area contributed by atoms with Gasteiger partial charge in [0.05, 0.1) is 29.0 Å². The molecule has 2 heterocycles. The summed E-state index contributed by atoms with van der Waals surface area (Å²) in [5, 5.41) is 0. The van der Waals surface area contributed by atoms with E-state index in [1.54, 1.807) is 18.3 Å². The van der Waals surface area contributed by atoms with Crippen molar-refractivity contribution in [1.29, 1.82) is 0 Å². The molecule has 2 aromatic rings. The Morgan fingerprint density at radius 2 is 2.08 bits per heavy atom. The van der Waals surface area contributed by atoms with Gasteiger partial charge in [0.1, 0.15) is 5.76 Å². The summed E-state index contributed by atoms with van der Waals surface area (Å²) in [6, 6.07) is 7.22. The van der Waals surface area contributed by atoms with Gasteiger partial charge in [0.2, 0.25) is 5.88 Å². The fourth-order valence-electron chi connectivity index (χ4n) is 2.70. The van der Waals surface area contributed by atoms with Crippen molar-refractivity contribution >= 4 is 39.7 Å². The van der Waals surface area contributed by atoms with Gasteiger partial charge in [-0.25, -0.2) is 4.79 Å². The number of hydrogen-bond acceptors (Lipinski definition) is 5. The van der Waals surface area contributed by atoms with Gasteiger partial charge in [-0.3, -0.25) is 4.99 Å². The summed E-state index contributed by atoms with van der Waals surface area (Å²) >= 11 is 3.55. The van der Waals surface area contributed by atoms with Crippen molar-refractivity contribution < 1.29 is 13.9 Å². The summed E-state index contributed by atoms with van der Waals surface area (Å²) in [4.78, 5) is 18.3. The molecule has 1 aliphatic heterocycles. The van der Waals surface area contributed by atoms with Gasteiger partial charge >= 0.3 is 5.97 Å². The predicted octanol–water partition coefficient (Wildman–Crippen LogP) is 4.49. The van der Waals surface area contributed by atoms with Crippen LogP contribution in [0.5, 0.6) is 0 Å². The molecule has 0 spiro atoms. The van der Waals surface area contributed by atoms with Gasteiger partial charge in [0.25, 0.3) is 0 Å². The van der Waals surface area contributed by atoms with Crippen LogP contribution < -0.4 is 4.90 Å². The molecule has 6 heteroatoms. The van der Waals surface area contributed by atoms with Crippen LogP contribution in [-0.4, -0.2) is 32.4 Å². The lowest BCUT2D eigenvalue weighted by atomic mass is 10.1. The van der Waals surface area contributed by atoms with Crippen LogP contribution >= 0.6 is 15.9 Å². The molecule has 0 radical (unpaired) electrons. The highest BCUT2D eigenvalue weighted by atomic mass is 79.9. The molecule has 126 valence electrons. The SMILES string of the molecule is COC(=O)c1ccc(C)c(N=Cc2cc(Br)c(N3CCCC3)o2)c1. The van der Waals surface area contributed by atoms with Crippen LogP contribution in [-0.2, 0) is 4.74 Å². The smallest absolute Gasteiger partial charge is 0.337 e. The number of carbonyl (C=O) groups is 1. The second kappa shape index (κ2) is 7.21. The van der Waals surface area contributed by atoms with E-state index < -0.39 is 0 Å². The molecule has 0 saturated carbocycles. The third-order valence-electron chi connectivity index (χ3n) is 4.04. The number of esters is 1. The van der Waals surface area contributed by atoms with Gasteiger partial charge in [-0.05, 0) is 53.4 Å².